The van der Waals surface area contributed by atoms with Gasteiger partial charge in [-0.05, 0) is 38.0 Å². The highest BCUT2D eigenvalue weighted by Gasteiger charge is 2.37. The molecule has 0 N–H and O–H groups in total. The molecule has 0 aliphatic carbocycles. The summed E-state index contributed by atoms with van der Waals surface area (Å²) < 4.78 is 59.7. The number of likely N-dealkylation sites (tertiary alicyclic amines) is 1. The molecule has 0 unspecified atom stereocenters. The summed E-state index contributed by atoms with van der Waals surface area (Å²) in [6.07, 6.45) is -3.46. The fraction of sp³-hybridized carbons (Fsp3) is 0.350. The molecular weight excluding hydrogens is 390 g/mol. The molecule has 0 saturated carbocycles. The Bertz CT molecular complexity index is 1080. The van der Waals surface area contributed by atoms with Crippen LogP contribution in [0.4, 0.5) is 17.6 Å². The average Bonchev–Trinajstić information content (AvgIpc) is 3.07. The van der Waals surface area contributed by atoms with Crippen molar-refractivity contribution in [1.82, 2.24) is 15.0 Å². The van der Waals surface area contributed by atoms with Crippen LogP contribution < -0.4 is 0 Å². The van der Waals surface area contributed by atoms with Gasteiger partial charge in [-0.3, -0.25) is 4.79 Å². The molecule has 1 atom stereocenters. The van der Waals surface area contributed by atoms with Crippen LogP contribution in [0.15, 0.2) is 34.9 Å². The zero-order valence-corrected chi connectivity index (χ0v) is 15.5. The Labute approximate surface area is 163 Å². The number of halogens is 4. The van der Waals surface area contributed by atoms with Crippen LogP contribution >= 0.6 is 0 Å². The highest BCUT2D eigenvalue weighted by atomic mass is 19.4. The van der Waals surface area contributed by atoms with E-state index in [1.165, 1.54) is 30.0 Å². The zero-order valence-electron chi connectivity index (χ0n) is 15.5. The van der Waals surface area contributed by atoms with Gasteiger partial charge in [0.25, 0.3) is 11.6 Å². The maximum absolute atomic E-state index is 14.0. The Balaban J connectivity index is 1.67. The summed E-state index contributed by atoms with van der Waals surface area (Å²) in [5, 5.41) is 3.45. The summed E-state index contributed by atoms with van der Waals surface area (Å²) in [6, 6.07) is 6.66. The molecule has 1 saturated heterocycles. The first-order valence-electron chi connectivity index (χ1n) is 9.13. The quantitative estimate of drug-likeness (QED) is 0.578. The minimum absolute atomic E-state index is 0.0570. The number of carbonyl (C=O) groups excluding carboxylic acids is 1. The monoisotopic (exact) mass is 407 g/mol. The molecular formula is C20H17F4N3O2. The molecule has 0 spiro atoms. The van der Waals surface area contributed by atoms with Crippen LogP contribution in [-0.2, 0) is 6.18 Å². The van der Waals surface area contributed by atoms with E-state index >= 15 is 0 Å². The number of aryl methyl sites for hydroxylation is 1. The summed E-state index contributed by atoms with van der Waals surface area (Å²) in [6.45, 7) is 1.98. The van der Waals surface area contributed by atoms with Gasteiger partial charge in [-0.2, -0.15) is 13.2 Å². The number of pyridine rings is 1. The van der Waals surface area contributed by atoms with E-state index in [1.54, 1.807) is 6.07 Å². The van der Waals surface area contributed by atoms with Crippen LogP contribution in [0.3, 0.4) is 0 Å². The van der Waals surface area contributed by atoms with Crippen molar-refractivity contribution in [2.24, 2.45) is 0 Å². The van der Waals surface area contributed by atoms with E-state index in [0.29, 0.717) is 19.4 Å². The number of aromatic nitrogens is 2. The van der Waals surface area contributed by atoms with Crippen molar-refractivity contribution in [3.8, 4) is 0 Å². The van der Waals surface area contributed by atoms with Gasteiger partial charge in [-0.1, -0.05) is 17.3 Å². The maximum Gasteiger partial charge on any atom is 0.417 e. The van der Waals surface area contributed by atoms with E-state index < -0.39 is 29.4 Å². The number of amides is 1. The lowest BCUT2D eigenvalue weighted by Gasteiger charge is -2.32. The van der Waals surface area contributed by atoms with Crippen molar-refractivity contribution >= 4 is 17.0 Å². The van der Waals surface area contributed by atoms with Gasteiger partial charge in [0.1, 0.15) is 5.82 Å². The first kappa shape index (κ1) is 19.4. The molecule has 1 aliphatic rings. The molecule has 9 heteroatoms. The zero-order chi connectivity index (χ0) is 20.8. The topological polar surface area (TPSA) is 59.2 Å². The van der Waals surface area contributed by atoms with E-state index in [4.69, 9.17) is 4.52 Å². The summed E-state index contributed by atoms with van der Waals surface area (Å²) in [7, 11) is 0. The van der Waals surface area contributed by atoms with Crippen molar-refractivity contribution in [2.45, 2.75) is 31.9 Å². The van der Waals surface area contributed by atoms with E-state index in [9.17, 15) is 22.4 Å². The Morgan fingerprint density at radius 1 is 1.28 bits per heavy atom. The molecule has 1 aliphatic heterocycles. The van der Waals surface area contributed by atoms with Gasteiger partial charge in [0.15, 0.2) is 0 Å². The lowest BCUT2D eigenvalue weighted by atomic mass is 9.92. The highest BCUT2D eigenvalue weighted by Crippen LogP contribution is 2.38. The Kier molecular flexibility index (Phi) is 4.76. The third-order valence-corrected chi connectivity index (χ3v) is 5.17. The second-order valence-electron chi connectivity index (χ2n) is 7.11. The van der Waals surface area contributed by atoms with Crippen molar-refractivity contribution < 1.29 is 26.9 Å². The minimum Gasteiger partial charge on any atom is -0.338 e. The van der Waals surface area contributed by atoms with Gasteiger partial charge in [-0.25, -0.2) is 9.37 Å². The molecule has 1 aromatic carbocycles. The second-order valence-corrected chi connectivity index (χ2v) is 7.11. The second kappa shape index (κ2) is 7.13. The van der Waals surface area contributed by atoms with Crippen LogP contribution in [0, 0.1) is 12.7 Å². The Morgan fingerprint density at radius 2 is 2.03 bits per heavy atom. The average molecular weight is 407 g/mol. The molecule has 4 rings (SSSR count). The highest BCUT2D eigenvalue weighted by molar-refractivity contribution is 5.94. The van der Waals surface area contributed by atoms with Crippen LogP contribution in [0.5, 0.6) is 0 Å². The third kappa shape index (κ3) is 3.56. The van der Waals surface area contributed by atoms with Gasteiger partial charge >= 0.3 is 6.18 Å². The van der Waals surface area contributed by atoms with E-state index in [0.717, 1.165) is 6.07 Å². The van der Waals surface area contributed by atoms with Gasteiger partial charge in [0.2, 0.25) is 0 Å². The van der Waals surface area contributed by atoms with Crippen molar-refractivity contribution in [1.29, 1.82) is 0 Å². The van der Waals surface area contributed by atoms with Crippen molar-refractivity contribution in [3.05, 3.63) is 58.7 Å². The van der Waals surface area contributed by atoms with Crippen LogP contribution in [0.2, 0.25) is 0 Å². The van der Waals surface area contributed by atoms with E-state index in [-0.39, 0.29) is 34.6 Å². The number of hydrogen-bond donors (Lipinski definition) is 0. The molecule has 2 aromatic heterocycles. The molecule has 0 radical (unpaired) electrons. The number of nitrogens with zero attached hydrogens (tertiary/aromatic N) is 3. The lowest BCUT2D eigenvalue weighted by molar-refractivity contribution is -0.136. The maximum atomic E-state index is 14.0. The van der Waals surface area contributed by atoms with Crippen LogP contribution in [0.25, 0.3) is 11.1 Å². The number of rotatable bonds is 2. The summed E-state index contributed by atoms with van der Waals surface area (Å²) in [4.78, 5) is 18.4. The number of carbonyl (C=O) groups is 1. The summed E-state index contributed by atoms with van der Waals surface area (Å²) in [5.74, 6) is -1.54. The van der Waals surface area contributed by atoms with Gasteiger partial charge < -0.3 is 9.42 Å². The van der Waals surface area contributed by atoms with E-state index in [2.05, 4.69) is 10.1 Å². The molecule has 5 nitrogen and oxygen atoms in total. The Morgan fingerprint density at radius 3 is 2.76 bits per heavy atom. The summed E-state index contributed by atoms with van der Waals surface area (Å²) >= 11 is 0. The third-order valence-electron chi connectivity index (χ3n) is 5.17. The van der Waals surface area contributed by atoms with Gasteiger partial charge in [0, 0.05) is 19.0 Å². The minimum atomic E-state index is -4.59. The van der Waals surface area contributed by atoms with Gasteiger partial charge in [-0.15, -0.1) is 0 Å². The predicted octanol–water partition coefficient (Wildman–Crippen LogP) is 4.71. The molecule has 1 fully saturated rings. The number of piperidine rings is 1. The van der Waals surface area contributed by atoms with Crippen molar-refractivity contribution in [3.63, 3.8) is 0 Å². The number of hydrogen-bond acceptors (Lipinski definition) is 4. The van der Waals surface area contributed by atoms with E-state index in [1.807, 2.05) is 0 Å². The standard InChI is InChI=1S/C20H17F4N3O2/c1-11-17-14(20(22,23)24)9-16(25-18(17)29-26-11)12-5-4-8-27(10-12)19(28)13-6-2-3-7-15(13)21/h2-3,6-7,9,12H,4-5,8,10H2,1H3/t12-/m1/s1. The molecule has 0 bridgehead atoms. The van der Waals surface area contributed by atoms with Crippen molar-refractivity contribution in [2.75, 3.05) is 13.1 Å². The summed E-state index contributed by atoms with van der Waals surface area (Å²) in [5.41, 5.74) is -0.782. The smallest absolute Gasteiger partial charge is 0.338 e. The number of fused-ring (bicyclic) bond motifs is 1. The molecule has 1 amide bonds. The Hall–Kier alpha value is -2.97. The SMILES string of the molecule is Cc1noc2nc([C@@H]3CCCN(C(=O)c4ccccc4F)C3)cc(C(F)(F)F)c12. The lowest BCUT2D eigenvalue weighted by Crippen LogP contribution is -2.39. The first-order chi connectivity index (χ1) is 13.8. The first-order valence-corrected chi connectivity index (χ1v) is 9.13. The normalized spacial score (nSPS) is 17.7. The number of alkyl halides is 3. The largest absolute Gasteiger partial charge is 0.417 e. The van der Waals surface area contributed by atoms with Gasteiger partial charge in [0.05, 0.1) is 27.9 Å². The molecule has 29 heavy (non-hydrogen) atoms. The fourth-order valence-electron chi connectivity index (χ4n) is 3.75. The predicted molar refractivity (Wildman–Crippen MR) is 95.8 cm³/mol. The fourth-order valence-corrected chi connectivity index (χ4v) is 3.75. The molecule has 3 aromatic rings. The molecule has 3 heterocycles. The van der Waals surface area contributed by atoms with Crippen LogP contribution in [-0.4, -0.2) is 34.0 Å². The van der Waals surface area contributed by atoms with Crippen LogP contribution in [0.1, 0.15) is 46.1 Å². The number of benzene rings is 1. The molecule has 152 valence electrons.